The molecule has 0 fully saturated rings. The molecule has 0 aliphatic carbocycles. The topological polar surface area (TPSA) is 81.1 Å². The second kappa shape index (κ2) is 5.92. The molecule has 1 aromatic rings. The van der Waals surface area contributed by atoms with Crippen LogP contribution in [0, 0.1) is 0 Å². The molecule has 1 unspecified atom stereocenters. The first-order valence-electron chi connectivity index (χ1n) is 5.99. The highest BCUT2D eigenvalue weighted by Gasteiger charge is 2.23. The number of carbonyl (C=O) groups is 1. The zero-order chi connectivity index (χ0) is 14.8. The van der Waals surface area contributed by atoms with E-state index in [0.717, 1.165) is 0 Å². The van der Waals surface area contributed by atoms with E-state index in [1.54, 1.807) is 6.92 Å². The first kappa shape index (κ1) is 16.0. The third kappa shape index (κ3) is 3.94. The molecule has 1 aromatic heterocycles. The summed E-state index contributed by atoms with van der Waals surface area (Å²) in [5.41, 5.74) is 0. The Morgan fingerprint density at radius 1 is 1.47 bits per heavy atom. The van der Waals surface area contributed by atoms with Crippen LogP contribution in [0.2, 0.25) is 0 Å². The number of halogens is 1. The van der Waals surface area contributed by atoms with E-state index < -0.39 is 15.1 Å². The molecule has 1 amide bonds. The maximum atomic E-state index is 11.9. The van der Waals surface area contributed by atoms with Gasteiger partial charge in [-0.15, -0.1) is 0 Å². The van der Waals surface area contributed by atoms with Gasteiger partial charge in [0.15, 0.2) is 5.03 Å². The minimum Gasteiger partial charge on any atom is -0.352 e. The number of nitrogens with one attached hydrogen (secondary N) is 1. The highest BCUT2D eigenvalue weighted by Crippen LogP contribution is 2.19. The van der Waals surface area contributed by atoms with Crippen LogP contribution in [0.5, 0.6) is 0 Å². The van der Waals surface area contributed by atoms with Gasteiger partial charge >= 0.3 is 0 Å². The van der Waals surface area contributed by atoms with Crippen molar-refractivity contribution in [2.24, 2.45) is 0 Å². The van der Waals surface area contributed by atoms with Crippen molar-refractivity contribution in [2.75, 3.05) is 0 Å². The number of amides is 1. The number of hydrogen-bond donors (Lipinski definition) is 1. The Balaban J connectivity index is 3.12. The zero-order valence-electron chi connectivity index (χ0n) is 11.3. The summed E-state index contributed by atoms with van der Waals surface area (Å²) in [5, 5.41) is 2.54. The Labute approximate surface area is 117 Å². The Bertz CT molecular complexity index is 566. The van der Waals surface area contributed by atoms with Crippen LogP contribution in [0.3, 0.4) is 0 Å². The first-order valence-corrected chi connectivity index (χ1v) is 8.30. The maximum absolute atomic E-state index is 11.9. The Hall–Kier alpha value is -1.08. The van der Waals surface area contributed by atoms with Crippen molar-refractivity contribution in [1.29, 1.82) is 0 Å². The summed E-state index contributed by atoms with van der Waals surface area (Å²) in [6.07, 6.45) is 1.80. The summed E-state index contributed by atoms with van der Waals surface area (Å²) in [7, 11) is 1.38. The summed E-state index contributed by atoms with van der Waals surface area (Å²) in [4.78, 5) is 15.9. The number of imidazole rings is 1. The smallest absolute Gasteiger partial charge is 0.280 e. The van der Waals surface area contributed by atoms with Crippen molar-refractivity contribution in [1.82, 2.24) is 14.9 Å². The molecule has 0 bridgehead atoms. The van der Waals surface area contributed by atoms with Gasteiger partial charge in [0.1, 0.15) is 11.9 Å². The third-order valence-electron chi connectivity index (χ3n) is 2.58. The standard InChI is InChI=1S/C11H18ClN3O3S/c1-5-9-14-10(19(12,17)18)6-15(9)8(4)11(16)13-7(2)3/h6-8H,5H2,1-4H3,(H,13,16). The van der Waals surface area contributed by atoms with Crippen LogP contribution in [-0.4, -0.2) is 29.9 Å². The lowest BCUT2D eigenvalue weighted by atomic mass is 10.2. The molecule has 108 valence electrons. The molecule has 1 rings (SSSR count). The molecule has 6 nitrogen and oxygen atoms in total. The molecule has 0 saturated carbocycles. The Morgan fingerprint density at radius 2 is 2.05 bits per heavy atom. The molecule has 0 aliphatic rings. The van der Waals surface area contributed by atoms with Gasteiger partial charge in [-0.25, -0.2) is 13.4 Å². The number of rotatable bonds is 5. The summed E-state index contributed by atoms with van der Waals surface area (Å²) in [5.74, 6) is 0.311. The summed E-state index contributed by atoms with van der Waals surface area (Å²) in [6, 6.07) is -0.531. The molecule has 1 N–H and O–H groups in total. The normalized spacial score (nSPS) is 13.6. The maximum Gasteiger partial charge on any atom is 0.280 e. The van der Waals surface area contributed by atoms with Crippen molar-refractivity contribution in [3.63, 3.8) is 0 Å². The average molecular weight is 308 g/mol. The van der Waals surface area contributed by atoms with Crippen LogP contribution >= 0.6 is 10.7 Å². The Kier molecular flexibility index (Phi) is 4.98. The number of nitrogens with zero attached hydrogens (tertiary/aromatic N) is 2. The molecule has 0 saturated heterocycles. The van der Waals surface area contributed by atoms with E-state index in [1.807, 2.05) is 20.8 Å². The lowest BCUT2D eigenvalue weighted by molar-refractivity contribution is -0.124. The van der Waals surface area contributed by atoms with Crippen molar-refractivity contribution in [3.8, 4) is 0 Å². The van der Waals surface area contributed by atoms with E-state index in [-0.39, 0.29) is 17.0 Å². The summed E-state index contributed by atoms with van der Waals surface area (Å²) < 4.78 is 24.1. The van der Waals surface area contributed by atoms with Gasteiger partial charge in [-0.05, 0) is 20.8 Å². The SMILES string of the molecule is CCc1nc(S(=O)(=O)Cl)cn1C(C)C(=O)NC(C)C. The minimum atomic E-state index is -3.89. The number of hydrogen-bond acceptors (Lipinski definition) is 4. The Morgan fingerprint density at radius 3 is 2.47 bits per heavy atom. The van der Waals surface area contributed by atoms with E-state index in [1.165, 1.54) is 10.8 Å². The fourth-order valence-electron chi connectivity index (χ4n) is 1.65. The predicted molar refractivity (Wildman–Crippen MR) is 72.6 cm³/mol. The van der Waals surface area contributed by atoms with E-state index in [0.29, 0.717) is 12.2 Å². The number of aromatic nitrogens is 2. The van der Waals surface area contributed by atoms with Crippen LogP contribution in [0.4, 0.5) is 0 Å². The van der Waals surface area contributed by atoms with Crippen molar-refractivity contribution < 1.29 is 13.2 Å². The van der Waals surface area contributed by atoms with Crippen LogP contribution < -0.4 is 5.32 Å². The van der Waals surface area contributed by atoms with Gasteiger partial charge in [-0.3, -0.25) is 4.79 Å². The molecule has 1 atom stereocenters. The van der Waals surface area contributed by atoms with E-state index in [2.05, 4.69) is 10.3 Å². The van der Waals surface area contributed by atoms with Gasteiger partial charge in [0.05, 0.1) is 0 Å². The minimum absolute atomic E-state index is 0.0137. The zero-order valence-corrected chi connectivity index (χ0v) is 12.9. The fraction of sp³-hybridized carbons (Fsp3) is 0.636. The molecule has 0 aromatic carbocycles. The van der Waals surface area contributed by atoms with Gasteiger partial charge in [-0.2, -0.15) is 0 Å². The largest absolute Gasteiger partial charge is 0.352 e. The first-order chi connectivity index (χ1) is 8.66. The molecule has 1 heterocycles. The fourth-order valence-corrected chi connectivity index (χ4v) is 2.33. The average Bonchev–Trinajstić information content (AvgIpc) is 2.70. The molecular formula is C11H18ClN3O3S. The lowest BCUT2D eigenvalue weighted by Crippen LogP contribution is -2.36. The number of aryl methyl sites for hydroxylation is 1. The van der Waals surface area contributed by atoms with Crippen LogP contribution in [-0.2, 0) is 20.3 Å². The van der Waals surface area contributed by atoms with E-state index in [4.69, 9.17) is 10.7 Å². The summed E-state index contributed by atoms with van der Waals surface area (Å²) >= 11 is 0. The second-order valence-electron chi connectivity index (χ2n) is 4.53. The van der Waals surface area contributed by atoms with Crippen LogP contribution in [0.15, 0.2) is 11.2 Å². The molecule has 0 spiro atoms. The van der Waals surface area contributed by atoms with E-state index >= 15 is 0 Å². The van der Waals surface area contributed by atoms with Gasteiger partial charge in [0.25, 0.3) is 9.05 Å². The van der Waals surface area contributed by atoms with Crippen LogP contribution in [0.25, 0.3) is 0 Å². The summed E-state index contributed by atoms with van der Waals surface area (Å²) in [6.45, 7) is 7.22. The lowest BCUT2D eigenvalue weighted by Gasteiger charge is -2.17. The molecular weight excluding hydrogens is 290 g/mol. The molecule has 19 heavy (non-hydrogen) atoms. The van der Waals surface area contributed by atoms with Crippen molar-refractivity contribution >= 4 is 25.6 Å². The van der Waals surface area contributed by atoms with Crippen LogP contribution in [0.1, 0.15) is 39.6 Å². The predicted octanol–water partition coefficient (Wildman–Crippen LogP) is 1.46. The van der Waals surface area contributed by atoms with Gasteiger partial charge in [-0.1, -0.05) is 6.92 Å². The molecule has 8 heteroatoms. The van der Waals surface area contributed by atoms with Gasteiger partial charge in [0, 0.05) is 29.3 Å². The van der Waals surface area contributed by atoms with Gasteiger partial charge in [0.2, 0.25) is 5.91 Å². The molecule has 0 radical (unpaired) electrons. The van der Waals surface area contributed by atoms with Crippen molar-refractivity contribution in [3.05, 3.63) is 12.0 Å². The highest BCUT2D eigenvalue weighted by molar-refractivity contribution is 8.13. The second-order valence-corrected chi connectivity index (χ2v) is 7.05. The molecule has 0 aliphatic heterocycles. The van der Waals surface area contributed by atoms with Gasteiger partial charge < -0.3 is 9.88 Å². The highest BCUT2D eigenvalue weighted by atomic mass is 35.7. The third-order valence-corrected chi connectivity index (χ3v) is 3.75. The van der Waals surface area contributed by atoms with E-state index in [9.17, 15) is 13.2 Å². The van der Waals surface area contributed by atoms with Crippen molar-refractivity contribution in [2.45, 2.75) is 51.2 Å². The quantitative estimate of drug-likeness (QED) is 0.835. The number of carbonyl (C=O) groups excluding carboxylic acids is 1. The monoisotopic (exact) mass is 307 g/mol.